The van der Waals surface area contributed by atoms with Crippen molar-refractivity contribution in [2.45, 2.75) is 39.2 Å². The van der Waals surface area contributed by atoms with E-state index in [9.17, 15) is 37.7 Å². The summed E-state index contributed by atoms with van der Waals surface area (Å²) in [7, 11) is 0. The number of nitro groups is 1. The molecular formula is C35H27Cl2F3N2O12. The van der Waals surface area contributed by atoms with Gasteiger partial charge in [0.25, 0.3) is 5.69 Å². The highest BCUT2D eigenvalue weighted by Gasteiger charge is 2.31. The van der Waals surface area contributed by atoms with Gasteiger partial charge in [-0.3, -0.25) is 10.1 Å². The molecule has 14 nitrogen and oxygen atoms in total. The Morgan fingerprint density at radius 1 is 0.907 bits per heavy atom. The lowest BCUT2D eigenvalue weighted by Gasteiger charge is -2.13. The Kier molecular flexibility index (Phi) is 13.3. The summed E-state index contributed by atoms with van der Waals surface area (Å²) in [5, 5.41) is 20.2. The van der Waals surface area contributed by atoms with Crippen LogP contribution in [-0.4, -0.2) is 51.7 Å². The standard InChI is InChI=1S/C19H15ClF3NO7.C16H12ClNO5/c1-3-29-17(25)10(2)30-18(26)13-9-12(5-6-15(13)24(27)28)31-16-7-4-11(8-14(16)20)19(21,22)23;1-9(15(19)20)21-11-3-5-12(6-4-11)22-16-18-13-7-2-10(17)8-14(13)23-16/h4-10H,3H2,1-2H3;2-9H,1H3,(H,19,20). The van der Waals surface area contributed by atoms with Crippen LogP contribution in [0, 0.1) is 10.1 Å². The Morgan fingerprint density at radius 2 is 1.57 bits per heavy atom. The number of halogens is 5. The molecule has 0 fully saturated rings. The second-order valence-corrected chi connectivity index (χ2v) is 11.6. The van der Waals surface area contributed by atoms with Crippen molar-refractivity contribution in [3.05, 3.63) is 110 Å². The first-order chi connectivity index (χ1) is 25.4. The van der Waals surface area contributed by atoms with Crippen molar-refractivity contribution in [3.8, 4) is 29.1 Å². The molecule has 0 amide bonds. The largest absolute Gasteiger partial charge is 0.479 e. The topological polar surface area (TPSA) is 187 Å². The van der Waals surface area contributed by atoms with Crippen molar-refractivity contribution in [3.63, 3.8) is 0 Å². The quantitative estimate of drug-likeness (QED) is 0.0716. The number of nitro benzene ring substituents is 1. The molecule has 19 heteroatoms. The van der Waals surface area contributed by atoms with Gasteiger partial charge >= 0.3 is 30.2 Å². The number of carbonyl (C=O) groups is 3. The molecule has 5 rings (SSSR count). The molecule has 5 aromatic rings. The summed E-state index contributed by atoms with van der Waals surface area (Å²) in [6, 6.07) is 16.9. The Labute approximate surface area is 313 Å². The van der Waals surface area contributed by atoms with Gasteiger partial charge in [-0.2, -0.15) is 18.2 Å². The zero-order valence-corrected chi connectivity index (χ0v) is 29.6. The molecule has 2 unspecified atom stereocenters. The van der Waals surface area contributed by atoms with Gasteiger partial charge in [0, 0.05) is 23.2 Å². The Hall–Kier alpha value is -6.07. The van der Waals surface area contributed by atoms with Crippen LogP contribution in [0.2, 0.25) is 10.0 Å². The fourth-order valence-corrected chi connectivity index (χ4v) is 4.56. The molecule has 1 heterocycles. The number of nitrogens with zero attached hydrogens (tertiary/aromatic N) is 2. The fraction of sp³-hybridized carbons (Fsp3) is 0.200. The van der Waals surface area contributed by atoms with Crippen molar-refractivity contribution >= 4 is 57.9 Å². The van der Waals surface area contributed by atoms with Gasteiger partial charge in [0.1, 0.15) is 34.1 Å². The monoisotopic (exact) mass is 794 g/mol. The zero-order valence-electron chi connectivity index (χ0n) is 28.1. The predicted molar refractivity (Wildman–Crippen MR) is 184 cm³/mol. The Bertz CT molecular complexity index is 2160. The molecule has 0 saturated carbocycles. The smallest absolute Gasteiger partial charge is 0.416 e. The first-order valence-electron chi connectivity index (χ1n) is 15.4. The maximum atomic E-state index is 12.8. The van der Waals surface area contributed by atoms with E-state index in [2.05, 4.69) is 4.98 Å². The van der Waals surface area contributed by atoms with Gasteiger partial charge in [0.15, 0.2) is 17.8 Å². The summed E-state index contributed by atoms with van der Waals surface area (Å²) in [6.45, 7) is 4.27. The van der Waals surface area contributed by atoms with Crippen LogP contribution in [0.5, 0.6) is 29.1 Å². The van der Waals surface area contributed by atoms with Crippen LogP contribution >= 0.6 is 23.2 Å². The third-order valence-electron chi connectivity index (χ3n) is 6.79. The van der Waals surface area contributed by atoms with E-state index in [1.165, 1.54) is 13.8 Å². The number of ether oxygens (including phenoxy) is 5. The van der Waals surface area contributed by atoms with Crippen molar-refractivity contribution < 1.29 is 65.7 Å². The van der Waals surface area contributed by atoms with E-state index in [0.29, 0.717) is 33.7 Å². The second-order valence-electron chi connectivity index (χ2n) is 10.7. The van der Waals surface area contributed by atoms with Crippen LogP contribution < -0.4 is 14.2 Å². The number of carbonyl (C=O) groups excluding carboxylic acids is 2. The normalized spacial score (nSPS) is 12.1. The number of carboxylic acid groups (broad SMARTS) is 1. The minimum absolute atomic E-state index is 0.0398. The summed E-state index contributed by atoms with van der Waals surface area (Å²) >= 11 is 11.7. The SMILES string of the molecule is CC(Oc1ccc(Oc2nc3ccc(Cl)cc3o2)cc1)C(=O)O.CCOC(=O)C(C)OC(=O)c1cc(Oc2ccc(C(F)(F)F)cc2Cl)ccc1[N+](=O)[O-]. The van der Waals surface area contributed by atoms with E-state index in [0.717, 1.165) is 30.3 Å². The number of aromatic nitrogens is 1. The summed E-state index contributed by atoms with van der Waals surface area (Å²) < 4.78 is 69.4. The Morgan fingerprint density at radius 3 is 2.19 bits per heavy atom. The summed E-state index contributed by atoms with van der Waals surface area (Å²) in [6.07, 6.45) is -6.78. The summed E-state index contributed by atoms with van der Waals surface area (Å²) in [5.41, 5.74) is -0.998. The van der Waals surface area contributed by atoms with E-state index in [4.69, 9.17) is 56.4 Å². The van der Waals surface area contributed by atoms with Crippen LogP contribution in [0.1, 0.15) is 36.7 Å². The molecule has 1 N–H and O–H groups in total. The molecule has 0 aliphatic heterocycles. The zero-order chi connectivity index (χ0) is 39.7. The van der Waals surface area contributed by atoms with Crippen LogP contribution in [-0.2, 0) is 25.2 Å². The number of hydrogen-bond donors (Lipinski definition) is 1. The number of aliphatic carboxylic acids is 1. The van der Waals surface area contributed by atoms with E-state index in [-0.39, 0.29) is 29.2 Å². The maximum Gasteiger partial charge on any atom is 0.416 e. The lowest BCUT2D eigenvalue weighted by atomic mass is 10.1. The number of fused-ring (bicyclic) bond motifs is 1. The van der Waals surface area contributed by atoms with Crippen molar-refractivity contribution in [1.29, 1.82) is 0 Å². The molecule has 54 heavy (non-hydrogen) atoms. The number of alkyl halides is 3. The van der Waals surface area contributed by atoms with Gasteiger partial charge in [-0.15, -0.1) is 0 Å². The molecule has 0 saturated heterocycles. The second kappa shape index (κ2) is 17.6. The Balaban J connectivity index is 0.000000251. The van der Waals surface area contributed by atoms with Crippen molar-refractivity contribution in [1.82, 2.24) is 4.98 Å². The highest BCUT2D eigenvalue weighted by Crippen LogP contribution is 2.37. The molecule has 0 aliphatic carbocycles. The highest BCUT2D eigenvalue weighted by molar-refractivity contribution is 6.32. The lowest BCUT2D eigenvalue weighted by Crippen LogP contribution is -2.26. The number of rotatable bonds is 12. The minimum atomic E-state index is -4.61. The minimum Gasteiger partial charge on any atom is -0.479 e. The van der Waals surface area contributed by atoms with Gasteiger partial charge < -0.3 is 33.2 Å². The van der Waals surface area contributed by atoms with Crippen LogP contribution in [0.25, 0.3) is 11.1 Å². The molecule has 4 aromatic carbocycles. The van der Waals surface area contributed by atoms with Gasteiger partial charge in [0.2, 0.25) is 0 Å². The lowest BCUT2D eigenvalue weighted by molar-refractivity contribution is -0.385. The first kappa shape index (κ1) is 40.7. The van der Waals surface area contributed by atoms with Gasteiger partial charge in [-0.1, -0.05) is 23.2 Å². The average Bonchev–Trinajstić information content (AvgIpc) is 3.51. The van der Waals surface area contributed by atoms with Crippen LogP contribution in [0.4, 0.5) is 18.9 Å². The third-order valence-corrected chi connectivity index (χ3v) is 7.32. The van der Waals surface area contributed by atoms with Crippen molar-refractivity contribution in [2.75, 3.05) is 6.61 Å². The van der Waals surface area contributed by atoms with Gasteiger partial charge in [-0.05, 0) is 81.4 Å². The molecule has 0 bridgehead atoms. The number of hydrogen-bond acceptors (Lipinski definition) is 12. The fourth-order valence-electron chi connectivity index (χ4n) is 4.18. The summed E-state index contributed by atoms with van der Waals surface area (Å²) in [5.74, 6) is -2.48. The number of esters is 2. The van der Waals surface area contributed by atoms with Crippen LogP contribution in [0.15, 0.2) is 83.3 Å². The van der Waals surface area contributed by atoms with E-state index in [1.54, 1.807) is 49.4 Å². The molecule has 284 valence electrons. The molecule has 0 radical (unpaired) electrons. The predicted octanol–water partition coefficient (Wildman–Crippen LogP) is 9.29. The molecule has 2 atom stereocenters. The van der Waals surface area contributed by atoms with E-state index < -0.39 is 58.0 Å². The summed E-state index contributed by atoms with van der Waals surface area (Å²) in [4.78, 5) is 49.3. The van der Waals surface area contributed by atoms with Crippen LogP contribution in [0.3, 0.4) is 0 Å². The highest BCUT2D eigenvalue weighted by atomic mass is 35.5. The maximum absolute atomic E-state index is 12.8. The van der Waals surface area contributed by atoms with E-state index in [1.807, 2.05) is 0 Å². The molecular weight excluding hydrogens is 768 g/mol. The first-order valence-corrected chi connectivity index (χ1v) is 16.1. The number of benzene rings is 4. The van der Waals surface area contributed by atoms with Gasteiger partial charge in [0.05, 0.1) is 22.1 Å². The molecule has 1 aromatic heterocycles. The average molecular weight is 796 g/mol. The molecule has 0 aliphatic rings. The molecule has 0 spiro atoms. The third kappa shape index (κ3) is 11.0. The van der Waals surface area contributed by atoms with E-state index >= 15 is 0 Å². The van der Waals surface area contributed by atoms with Crippen molar-refractivity contribution in [2.24, 2.45) is 0 Å². The number of oxazole rings is 1. The van der Waals surface area contributed by atoms with Gasteiger partial charge in [-0.25, -0.2) is 14.4 Å². The number of carboxylic acids is 1.